The molecular formula is C12H12BrClN2O. The molecule has 1 unspecified atom stereocenters. The molecule has 90 valence electrons. The molecule has 0 aliphatic heterocycles. The third-order valence-corrected chi connectivity index (χ3v) is 3.44. The van der Waals surface area contributed by atoms with Crippen LogP contribution in [0.1, 0.15) is 24.3 Å². The lowest BCUT2D eigenvalue weighted by molar-refractivity contribution is 0.207. The van der Waals surface area contributed by atoms with Crippen molar-refractivity contribution in [3.8, 4) is 0 Å². The summed E-state index contributed by atoms with van der Waals surface area (Å²) in [5, 5.41) is 15.2. The summed E-state index contributed by atoms with van der Waals surface area (Å²) in [5.74, 6) is 0. The number of aliphatic hydroxyl groups is 1. The monoisotopic (exact) mass is 314 g/mol. The normalized spacial score (nSPS) is 12.7. The van der Waals surface area contributed by atoms with E-state index in [2.05, 4.69) is 21.0 Å². The van der Waals surface area contributed by atoms with Crippen LogP contribution in [0.5, 0.6) is 0 Å². The van der Waals surface area contributed by atoms with Gasteiger partial charge in [-0.05, 0) is 40.5 Å². The van der Waals surface area contributed by atoms with Gasteiger partial charge in [-0.15, -0.1) is 0 Å². The first-order chi connectivity index (χ1) is 8.13. The third-order valence-electron chi connectivity index (χ3n) is 2.58. The fourth-order valence-electron chi connectivity index (χ4n) is 1.70. The van der Waals surface area contributed by atoms with Crippen molar-refractivity contribution in [2.24, 2.45) is 0 Å². The molecule has 1 atom stereocenters. The second-order valence-electron chi connectivity index (χ2n) is 3.65. The van der Waals surface area contributed by atoms with E-state index in [1.54, 1.807) is 23.0 Å². The zero-order valence-electron chi connectivity index (χ0n) is 9.27. The second kappa shape index (κ2) is 5.21. The van der Waals surface area contributed by atoms with E-state index >= 15 is 0 Å². The van der Waals surface area contributed by atoms with Crippen LogP contribution in [0.25, 0.3) is 0 Å². The van der Waals surface area contributed by atoms with E-state index in [0.717, 1.165) is 15.7 Å². The molecule has 17 heavy (non-hydrogen) atoms. The van der Waals surface area contributed by atoms with Crippen LogP contribution in [0.4, 0.5) is 0 Å². The summed E-state index contributed by atoms with van der Waals surface area (Å²) in [6, 6.07) is 7.15. The number of hydrogen-bond donors (Lipinski definition) is 1. The maximum atomic E-state index is 10.3. The van der Waals surface area contributed by atoms with Gasteiger partial charge in [0.05, 0.1) is 16.4 Å². The molecule has 2 aromatic rings. The van der Waals surface area contributed by atoms with E-state index in [9.17, 15) is 5.11 Å². The molecule has 5 heteroatoms. The molecule has 0 amide bonds. The second-order valence-corrected chi connectivity index (χ2v) is 4.94. The van der Waals surface area contributed by atoms with E-state index in [-0.39, 0.29) is 0 Å². The molecule has 3 nitrogen and oxygen atoms in total. The van der Waals surface area contributed by atoms with Crippen LogP contribution < -0.4 is 0 Å². The largest absolute Gasteiger partial charge is 0.382 e. The van der Waals surface area contributed by atoms with Crippen molar-refractivity contribution in [1.29, 1.82) is 0 Å². The molecule has 2 rings (SSSR count). The lowest BCUT2D eigenvalue weighted by atomic mass is 10.1. The molecule has 1 aromatic carbocycles. The fourth-order valence-corrected chi connectivity index (χ4v) is 2.34. The highest BCUT2D eigenvalue weighted by Crippen LogP contribution is 2.29. The topological polar surface area (TPSA) is 38.0 Å². The van der Waals surface area contributed by atoms with Gasteiger partial charge in [0, 0.05) is 11.6 Å². The molecule has 1 N–H and O–H groups in total. The van der Waals surface area contributed by atoms with Gasteiger partial charge >= 0.3 is 0 Å². The van der Waals surface area contributed by atoms with Crippen LogP contribution in [0, 0.1) is 0 Å². The fraction of sp³-hybridized carbons (Fsp3) is 0.250. The average Bonchev–Trinajstić information content (AvgIpc) is 2.70. The van der Waals surface area contributed by atoms with Gasteiger partial charge in [0.2, 0.25) is 0 Å². The smallest absolute Gasteiger partial charge is 0.122 e. The van der Waals surface area contributed by atoms with E-state index in [1.807, 2.05) is 19.1 Å². The number of nitrogens with zero attached hydrogens (tertiary/aromatic N) is 2. The Hall–Kier alpha value is -0.840. The van der Waals surface area contributed by atoms with E-state index in [1.165, 1.54) is 0 Å². The minimum absolute atomic E-state index is 0.656. The van der Waals surface area contributed by atoms with Gasteiger partial charge in [-0.25, -0.2) is 0 Å². The highest BCUT2D eigenvalue weighted by atomic mass is 79.9. The Labute approximate surface area is 113 Å². The van der Waals surface area contributed by atoms with Gasteiger partial charge in [0.15, 0.2) is 0 Å². The van der Waals surface area contributed by atoms with Gasteiger partial charge in [-0.3, -0.25) is 4.68 Å². The van der Waals surface area contributed by atoms with Crippen molar-refractivity contribution in [3.05, 3.63) is 51.2 Å². The minimum atomic E-state index is -0.705. The first kappa shape index (κ1) is 12.6. The summed E-state index contributed by atoms with van der Waals surface area (Å²) in [6.45, 7) is 2.70. The predicted octanol–water partition coefficient (Wildman–Crippen LogP) is 3.40. The molecule has 0 fully saturated rings. The number of aryl methyl sites for hydroxylation is 1. The third kappa shape index (κ3) is 2.54. The number of halogens is 2. The SMILES string of the molecule is CCn1ncc(Br)c1C(O)c1ccc(Cl)cc1. The summed E-state index contributed by atoms with van der Waals surface area (Å²) in [5.41, 5.74) is 1.56. The van der Waals surface area contributed by atoms with Crippen molar-refractivity contribution >= 4 is 27.5 Å². The molecule has 0 spiro atoms. The Morgan fingerprint density at radius 2 is 2.06 bits per heavy atom. The summed E-state index contributed by atoms with van der Waals surface area (Å²) >= 11 is 9.22. The summed E-state index contributed by atoms with van der Waals surface area (Å²) in [7, 11) is 0. The van der Waals surface area contributed by atoms with Gasteiger partial charge < -0.3 is 5.11 Å². The predicted molar refractivity (Wildman–Crippen MR) is 71.1 cm³/mol. The van der Waals surface area contributed by atoms with Gasteiger partial charge in [-0.2, -0.15) is 5.10 Å². The van der Waals surface area contributed by atoms with Gasteiger partial charge in [0.1, 0.15) is 6.10 Å². The van der Waals surface area contributed by atoms with Crippen molar-refractivity contribution in [1.82, 2.24) is 9.78 Å². The molecule has 0 radical (unpaired) electrons. The first-order valence-corrected chi connectivity index (χ1v) is 6.45. The quantitative estimate of drug-likeness (QED) is 0.942. The first-order valence-electron chi connectivity index (χ1n) is 5.28. The highest BCUT2D eigenvalue weighted by molar-refractivity contribution is 9.10. The molecule has 1 aromatic heterocycles. The summed E-state index contributed by atoms with van der Waals surface area (Å²) in [4.78, 5) is 0. The maximum absolute atomic E-state index is 10.3. The number of hydrogen-bond acceptors (Lipinski definition) is 2. The molecular weight excluding hydrogens is 304 g/mol. The Balaban J connectivity index is 2.39. The zero-order chi connectivity index (χ0) is 12.4. The van der Waals surface area contributed by atoms with Crippen LogP contribution in [0.3, 0.4) is 0 Å². The Morgan fingerprint density at radius 3 is 2.65 bits per heavy atom. The van der Waals surface area contributed by atoms with Crippen molar-refractivity contribution in [3.63, 3.8) is 0 Å². The van der Waals surface area contributed by atoms with E-state index in [0.29, 0.717) is 11.6 Å². The number of aromatic nitrogens is 2. The lowest BCUT2D eigenvalue weighted by Crippen LogP contribution is -2.09. The summed E-state index contributed by atoms with van der Waals surface area (Å²) in [6.07, 6.45) is 0.988. The molecule has 0 aliphatic carbocycles. The lowest BCUT2D eigenvalue weighted by Gasteiger charge is -2.13. The van der Waals surface area contributed by atoms with Crippen LogP contribution in [0.15, 0.2) is 34.9 Å². The molecule has 0 bridgehead atoms. The number of rotatable bonds is 3. The Kier molecular flexibility index (Phi) is 3.86. The summed E-state index contributed by atoms with van der Waals surface area (Å²) < 4.78 is 2.57. The van der Waals surface area contributed by atoms with Crippen LogP contribution >= 0.6 is 27.5 Å². The van der Waals surface area contributed by atoms with Crippen LogP contribution in [-0.2, 0) is 6.54 Å². The molecule has 0 saturated heterocycles. The van der Waals surface area contributed by atoms with E-state index < -0.39 is 6.10 Å². The van der Waals surface area contributed by atoms with Crippen LogP contribution in [0.2, 0.25) is 5.02 Å². The minimum Gasteiger partial charge on any atom is -0.382 e. The average molecular weight is 316 g/mol. The van der Waals surface area contributed by atoms with E-state index in [4.69, 9.17) is 11.6 Å². The Morgan fingerprint density at radius 1 is 1.41 bits per heavy atom. The molecule has 0 aliphatic rings. The Bertz CT molecular complexity index is 510. The molecule has 0 saturated carbocycles. The van der Waals surface area contributed by atoms with Crippen molar-refractivity contribution < 1.29 is 5.11 Å². The number of benzene rings is 1. The zero-order valence-corrected chi connectivity index (χ0v) is 11.6. The van der Waals surface area contributed by atoms with Crippen molar-refractivity contribution in [2.45, 2.75) is 19.6 Å². The maximum Gasteiger partial charge on any atom is 0.122 e. The van der Waals surface area contributed by atoms with Gasteiger partial charge in [0.25, 0.3) is 0 Å². The standard InChI is InChI=1S/C12H12BrClN2O/c1-2-16-11(10(13)7-15-16)12(17)8-3-5-9(14)6-4-8/h3-7,12,17H,2H2,1H3. The van der Waals surface area contributed by atoms with Crippen LogP contribution in [-0.4, -0.2) is 14.9 Å². The van der Waals surface area contributed by atoms with Gasteiger partial charge in [-0.1, -0.05) is 23.7 Å². The molecule has 1 heterocycles. The van der Waals surface area contributed by atoms with Crippen molar-refractivity contribution in [2.75, 3.05) is 0 Å². The highest BCUT2D eigenvalue weighted by Gasteiger charge is 2.18. The number of aliphatic hydroxyl groups excluding tert-OH is 1.